The molecule has 0 bridgehead atoms. The molecule has 0 aromatic heterocycles. The van der Waals surface area contributed by atoms with Crippen molar-refractivity contribution in [2.24, 2.45) is 17.6 Å². The number of unbranched alkanes of at least 4 members (excludes halogenated alkanes) is 4. The predicted molar refractivity (Wildman–Crippen MR) is 65.4 cm³/mol. The van der Waals surface area contributed by atoms with Gasteiger partial charge in [0, 0.05) is 0 Å². The van der Waals surface area contributed by atoms with Crippen LogP contribution in [0.25, 0.3) is 0 Å². The van der Waals surface area contributed by atoms with Crippen LogP contribution in [0, 0.1) is 11.8 Å². The molecule has 0 saturated carbocycles. The van der Waals surface area contributed by atoms with Crippen LogP contribution in [-0.2, 0) is 0 Å². The lowest BCUT2D eigenvalue weighted by atomic mass is 9.92. The minimum absolute atomic E-state index is 0.709. The van der Waals surface area contributed by atoms with Gasteiger partial charge in [-0.3, -0.25) is 0 Å². The Balaban J connectivity index is 3.22. The Morgan fingerprint density at radius 3 is 2.14 bits per heavy atom. The third-order valence-corrected chi connectivity index (χ3v) is 3.01. The van der Waals surface area contributed by atoms with Gasteiger partial charge in [0.1, 0.15) is 0 Å². The van der Waals surface area contributed by atoms with E-state index in [-0.39, 0.29) is 0 Å². The highest BCUT2D eigenvalue weighted by Gasteiger charge is 2.06. The van der Waals surface area contributed by atoms with Crippen LogP contribution >= 0.6 is 0 Å². The molecule has 0 rings (SSSR count). The van der Waals surface area contributed by atoms with Crippen molar-refractivity contribution >= 4 is 0 Å². The number of hydrogen-bond donors (Lipinski definition) is 1. The van der Waals surface area contributed by atoms with Gasteiger partial charge < -0.3 is 5.73 Å². The zero-order valence-electron chi connectivity index (χ0n) is 10.4. The molecule has 0 unspecified atom stereocenters. The van der Waals surface area contributed by atoms with Crippen molar-refractivity contribution in [1.82, 2.24) is 0 Å². The number of nitrogens with two attached hydrogens (primary N) is 1. The quantitative estimate of drug-likeness (QED) is 0.559. The molecule has 0 aromatic carbocycles. The standard InChI is InChI=1S/C13H29N/c1-4-5-6-7-8-9-12(2)10-13(3)11-14/h12-13H,4-11,14H2,1-3H3/t12-,13-/m1/s1. The van der Waals surface area contributed by atoms with Crippen molar-refractivity contribution in [2.45, 2.75) is 65.7 Å². The summed E-state index contributed by atoms with van der Waals surface area (Å²) in [4.78, 5) is 0. The predicted octanol–water partition coefficient (Wildman–Crippen LogP) is 3.97. The second-order valence-electron chi connectivity index (χ2n) is 4.88. The van der Waals surface area contributed by atoms with Gasteiger partial charge in [-0.05, 0) is 24.8 Å². The zero-order valence-corrected chi connectivity index (χ0v) is 10.4. The summed E-state index contributed by atoms with van der Waals surface area (Å²) < 4.78 is 0. The van der Waals surface area contributed by atoms with Crippen LogP contribution in [0.3, 0.4) is 0 Å². The summed E-state index contributed by atoms with van der Waals surface area (Å²) >= 11 is 0. The first-order valence-corrected chi connectivity index (χ1v) is 6.40. The first kappa shape index (κ1) is 14.0. The third kappa shape index (κ3) is 8.55. The summed E-state index contributed by atoms with van der Waals surface area (Å²) in [5.41, 5.74) is 5.61. The minimum atomic E-state index is 0.709. The van der Waals surface area contributed by atoms with Crippen LogP contribution in [0.15, 0.2) is 0 Å². The molecule has 0 aliphatic rings. The zero-order chi connectivity index (χ0) is 10.8. The summed E-state index contributed by atoms with van der Waals surface area (Å²) in [6.45, 7) is 7.74. The number of rotatable bonds is 9. The molecule has 1 nitrogen and oxygen atoms in total. The summed E-state index contributed by atoms with van der Waals surface area (Å²) in [5.74, 6) is 1.58. The van der Waals surface area contributed by atoms with E-state index in [9.17, 15) is 0 Å². The Labute approximate surface area is 90.5 Å². The molecule has 0 heterocycles. The van der Waals surface area contributed by atoms with E-state index < -0.39 is 0 Å². The average Bonchev–Trinajstić information content (AvgIpc) is 2.17. The molecule has 86 valence electrons. The summed E-state index contributed by atoms with van der Waals surface area (Å²) in [5, 5.41) is 0. The largest absolute Gasteiger partial charge is 0.330 e. The maximum absolute atomic E-state index is 5.61. The fourth-order valence-corrected chi connectivity index (χ4v) is 2.00. The summed E-state index contributed by atoms with van der Waals surface area (Å²) in [6, 6.07) is 0. The van der Waals surface area contributed by atoms with Crippen molar-refractivity contribution in [3.05, 3.63) is 0 Å². The molecule has 0 aliphatic heterocycles. The number of hydrogen-bond acceptors (Lipinski definition) is 1. The Hall–Kier alpha value is -0.0400. The van der Waals surface area contributed by atoms with Crippen LogP contribution in [0.5, 0.6) is 0 Å². The van der Waals surface area contributed by atoms with Gasteiger partial charge in [-0.2, -0.15) is 0 Å². The average molecular weight is 199 g/mol. The van der Waals surface area contributed by atoms with Crippen LogP contribution in [0.4, 0.5) is 0 Å². The van der Waals surface area contributed by atoms with Crippen LogP contribution < -0.4 is 5.73 Å². The molecule has 0 radical (unpaired) electrons. The third-order valence-electron chi connectivity index (χ3n) is 3.01. The Morgan fingerprint density at radius 2 is 1.57 bits per heavy atom. The second-order valence-corrected chi connectivity index (χ2v) is 4.88. The molecule has 2 N–H and O–H groups in total. The first-order chi connectivity index (χ1) is 6.70. The van der Waals surface area contributed by atoms with Gasteiger partial charge >= 0.3 is 0 Å². The van der Waals surface area contributed by atoms with Gasteiger partial charge in [-0.1, -0.05) is 59.3 Å². The van der Waals surface area contributed by atoms with Gasteiger partial charge in [-0.25, -0.2) is 0 Å². The molecule has 0 fully saturated rings. The monoisotopic (exact) mass is 199 g/mol. The SMILES string of the molecule is CCCCCCC[C@@H](C)C[C@@H](C)CN. The fraction of sp³-hybridized carbons (Fsp3) is 1.00. The first-order valence-electron chi connectivity index (χ1n) is 6.40. The molecule has 0 spiro atoms. The van der Waals surface area contributed by atoms with E-state index >= 15 is 0 Å². The van der Waals surface area contributed by atoms with Gasteiger partial charge in [0.05, 0.1) is 0 Å². The van der Waals surface area contributed by atoms with E-state index in [0.29, 0.717) is 5.92 Å². The van der Waals surface area contributed by atoms with Gasteiger partial charge in [0.25, 0.3) is 0 Å². The van der Waals surface area contributed by atoms with E-state index in [1.54, 1.807) is 0 Å². The second kappa shape index (κ2) is 9.51. The fourth-order valence-electron chi connectivity index (χ4n) is 2.00. The van der Waals surface area contributed by atoms with Crippen LogP contribution in [-0.4, -0.2) is 6.54 Å². The lowest BCUT2D eigenvalue weighted by Crippen LogP contribution is -2.13. The Kier molecular flexibility index (Phi) is 9.49. The van der Waals surface area contributed by atoms with E-state index in [2.05, 4.69) is 20.8 Å². The van der Waals surface area contributed by atoms with E-state index in [1.807, 2.05) is 0 Å². The molecule has 14 heavy (non-hydrogen) atoms. The van der Waals surface area contributed by atoms with E-state index in [0.717, 1.165) is 12.5 Å². The molecule has 0 saturated heterocycles. The lowest BCUT2D eigenvalue weighted by molar-refractivity contribution is 0.386. The van der Waals surface area contributed by atoms with Crippen LogP contribution in [0.2, 0.25) is 0 Å². The molecule has 0 aromatic rings. The van der Waals surface area contributed by atoms with Crippen molar-refractivity contribution in [3.8, 4) is 0 Å². The van der Waals surface area contributed by atoms with Gasteiger partial charge in [0.15, 0.2) is 0 Å². The van der Waals surface area contributed by atoms with Crippen molar-refractivity contribution < 1.29 is 0 Å². The molecule has 1 heteroatoms. The molecule has 2 atom stereocenters. The lowest BCUT2D eigenvalue weighted by Gasteiger charge is -2.15. The maximum Gasteiger partial charge on any atom is -0.00514 e. The normalized spacial score (nSPS) is 15.4. The molecule has 0 amide bonds. The molecular formula is C13H29N. The molecule has 0 aliphatic carbocycles. The van der Waals surface area contributed by atoms with Gasteiger partial charge in [-0.15, -0.1) is 0 Å². The smallest absolute Gasteiger partial charge is 0.00514 e. The Morgan fingerprint density at radius 1 is 0.929 bits per heavy atom. The maximum atomic E-state index is 5.61. The topological polar surface area (TPSA) is 26.0 Å². The highest BCUT2D eigenvalue weighted by Crippen LogP contribution is 2.18. The highest BCUT2D eigenvalue weighted by molar-refractivity contribution is 4.60. The highest BCUT2D eigenvalue weighted by atomic mass is 14.5. The van der Waals surface area contributed by atoms with Crippen molar-refractivity contribution in [1.29, 1.82) is 0 Å². The minimum Gasteiger partial charge on any atom is -0.330 e. The van der Waals surface area contributed by atoms with E-state index in [4.69, 9.17) is 5.73 Å². The Bertz CT molecular complexity index is 112. The van der Waals surface area contributed by atoms with Gasteiger partial charge in [0.2, 0.25) is 0 Å². The summed E-state index contributed by atoms with van der Waals surface area (Å²) in [6.07, 6.45) is 9.73. The molecular weight excluding hydrogens is 170 g/mol. The van der Waals surface area contributed by atoms with Crippen LogP contribution in [0.1, 0.15) is 65.7 Å². The van der Waals surface area contributed by atoms with E-state index in [1.165, 1.54) is 44.9 Å². The summed E-state index contributed by atoms with van der Waals surface area (Å²) in [7, 11) is 0. The van der Waals surface area contributed by atoms with Crippen molar-refractivity contribution in [2.75, 3.05) is 6.54 Å². The van der Waals surface area contributed by atoms with Crippen molar-refractivity contribution in [3.63, 3.8) is 0 Å².